The lowest BCUT2D eigenvalue weighted by molar-refractivity contribution is 0.768. The van der Waals surface area contributed by atoms with Gasteiger partial charge >= 0.3 is 0 Å². The quantitative estimate of drug-likeness (QED) is 0.159. The highest BCUT2D eigenvalue weighted by Crippen LogP contribution is 2.56. The van der Waals surface area contributed by atoms with Gasteiger partial charge in [-0.1, -0.05) is 182 Å². The lowest BCUT2D eigenvalue weighted by Gasteiger charge is -2.33. The molecule has 0 unspecified atom stereocenters. The first-order chi connectivity index (χ1) is 31.3. The van der Waals surface area contributed by atoms with Crippen molar-refractivity contribution in [2.24, 2.45) is 0 Å². The summed E-state index contributed by atoms with van der Waals surface area (Å²) >= 11 is 0. The second-order valence-electron chi connectivity index (χ2n) is 16.8. The molecule has 0 aliphatic heterocycles. The van der Waals surface area contributed by atoms with E-state index in [1.807, 2.05) is 0 Å². The smallest absolute Gasteiger partial charge is 0.0713 e. The van der Waals surface area contributed by atoms with E-state index in [0.29, 0.717) is 0 Å². The van der Waals surface area contributed by atoms with Crippen LogP contribution in [0.4, 0.5) is 0 Å². The summed E-state index contributed by atoms with van der Waals surface area (Å²) in [4.78, 5) is 0. The zero-order valence-corrected chi connectivity index (χ0v) is 34.5. The lowest BCUT2D eigenvalue weighted by atomic mass is 9.68. The molecular weight excluding hydrogens is 761 g/mol. The average molecular weight is 801 g/mol. The molecule has 13 rings (SSSR count). The third-order valence-electron chi connectivity index (χ3n) is 13.6. The topological polar surface area (TPSA) is 9.86 Å². The van der Waals surface area contributed by atoms with Crippen LogP contribution in [0.5, 0.6) is 0 Å². The molecule has 2 heteroatoms. The van der Waals surface area contributed by atoms with E-state index in [0.717, 1.165) is 11.4 Å². The maximum absolute atomic E-state index is 2.46. The Labute approximate surface area is 366 Å². The van der Waals surface area contributed by atoms with E-state index in [2.05, 4.69) is 252 Å². The van der Waals surface area contributed by atoms with Gasteiger partial charge in [-0.05, 0) is 116 Å². The SMILES string of the molecule is c1ccc(-c2cccc(-n3c4ccccc4c4cc(-c5ccc6c(c5)c5ccccc5n6-c5ccc6c(c5)-c5ccccc5C6(c5ccccc5)c5ccccc5)ccc43)c2)cc1. The van der Waals surface area contributed by atoms with Crippen LogP contribution in [-0.4, -0.2) is 9.13 Å². The van der Waals surface area contributed by atoms with Crippen molar-refractivity contribution in [3.05, 3.63) is 265 Å². The molecular formula is C61H40N2. The number of nitrogens with zero attached hydrogens (tertiary/aromatic N) is 2. The number of hydrogen-bond acceptors (Lipinski definition) is 0. The summed E-state index contributed by atoms with van der Waals surface area (Å²) in [5.74, 6) is 0. The highest BCUT2D eigenvalue weighted by atomic mass is 15.0. The standard InChI is InChI=1S/C61H40N2/c1-4-17-41(18-5-1)42-19-16-24-47(37-42)62-57-29-14-11-26-50(57)53-38-43(31-35-59(53)62)44-32-36-60-54(39-44)51-27-12-15-30-58(51)63(60)48-33-34-56-52(40-48)49-25-10-13-28-55(49)61(56,45-20-6-2-7-21-45)46-22-8-3-9-23-46/h1-40H. The number of hydrogen-bond donors (Lipinski definition) is 0. The molecule has 1 aliphatic rings. The van der Waals surface area contributed by atoms with E-state index in [1.54, 1.807) is 0 Å². The average Bonchev–Trinajstić information content (AvgIpc) is 3.98. The normalized spacial score (nSPS) is 12.9. The second kappa shape index (κ2) is 13.9. The van der Waals surface area contributed by atoms with Crippen molar-refractivity contribution in [1.82, 2.24) is 9.13 Å². The molecule has 0 N–H and O–H groups in total. The van der Waals surface area contributed by atoms with Gasteiger partial charge in [0.25, 0.3) is 0 Å². The number of fused-ring (bicyclic) bond motifs is 9. The largest absolute Gasteiger partial charge is 0.309 e. The Hall–Kier alpha value is -8.20. The van der Waals surface area contributed by atoms with Crippen LogP contribution >= 0.6 is 0 Å². The first kappa shape index (κ1) is 35.5. The Morgan fingerprint density at radius 2 is 0.714 bits per heavy atom. The van der Waals surface area contributed by atoms with Crippen LogP contribution in [0.15, 0.2) is 243 Å². The minimum absolute atomic E-state index is 0.428. The summed E-state index contributed by atoms with van der Waals surface area (Å²) in [5, 5.41) is 4.98. The minimum atomic E-state index is -0.428. The van der Waals surface area contributed by atoms with Crippen molar-refractivity contribution in [2.45, 2.75) is 5.41 Å². The van der Waals surface area contributed by atoms with Gasteiger partial charge in [0.15, 0.2) is 0 Å². The van der Waals surface area contributed by atoms with E-state index < -0.39 is 5.41 Å². The molecule has 0 saturated heterocycles. The Kier molecular flexibility index (Phi) is 7.85. The molecule has 294 valence electrons. The number of aromatic nitrogens is 2. The Bertz CT molecular complexity index is 3680. The number of rotatable bonds is 6. The molecule has 2 heterocycles. The predicted octanol–water partition coefficient (Wildman–Crippen LogP) is 15.6. The van der Waals surface area contributed by atoms with Gasteiger partial charge in [0.2, 0.25) is 0 Å². The van der Waals surface area contributed by atoms with Crippen molar-refractivity contribution >= 4 is 43.6 Å². The number of benzene rings is 10. The fraction of sp³-hybridized carbons (Fsp3) is 0.0164. The zero-order chi connectivity index (χ0) is 41.5. The van der Waals surface area contributed by atoms with Gasteiger partial charge in [0, 0.05) is 32.9 Å². The summed E-state index contributed by atoms with van der Waals surface area (Å²) in [5.41, 5.74) is 19.3. The summed E-state index contributed by atoms with van der Waals surface area (Å²) in [7, 11) is 0. The second-order valence-corrected chi connectivity index (χ2v) is 16.8. The molecule has 0 fully saturated rings. The molecule has 0 saturated carbocycles. The summed E-state index contributed by atoms with van der Waals surface area (Å²) < 4.78 is 4.87. The van der Waals surface area contributed by atoms with E-state index >= 15 is 0 Å². The highest BCUT2D eigenvalue weighted by molar-refractivity contribution is 6.13. The van der Waals surface area contributed by atoms with Crippen LogP contribution in [0.2, 0.25) is 0 Å². The third-order valence-corrected chi connectivity index (χ3v) is 13.6. The van der Waals surface area contributed by atoms with Gasteiger partial charge in [-0.15, -0.1) is 0 Å². The van der Waals surface area contributed by atoms with E-state index in [4.69, 9.17) is 0 Å². The molecule has 0 radical (unpaired) electrons. The molecule has 0 amide bonds. The van der Waals surface area contributed by atoms with Crippen molar-refractivity contribution in [2.75, 3.05) is 0 Å². The van der Waals surface area contributed by atoms with Gasteiger partial charge < -0.3 is 9.13 Å². The first-order valence-electron chi connectivity index (χ1n) is 21.8. The van der Waals surface area contributed by atoms with Crippen molar-refractivity contribution in [1.29, 1.82) is 0 Å². The van der Waals surface area contributed by atoms with Gasteiger partial charge in [-0.3, -0.25) is 0 Å². The minimum Gasteiger partial charge on any atom is -0.309 e. The van der Waals surface area contributed by atoms with Crippen molar-refractivity contribution in [3.8, 4) is 44.8 Å². The van der Waals surface area contributed by atoms with E-state index in [-0.39, 0.29) is 0 Å². The molecule has 2 nitrogen and oxygen atoms in total. The molecule has 0 spiro atoms. The van der Waals surface area contributed by atoms with Crippen LogP contribution in [0.1, 0.15) is 22.3 Å². The van der Waals surface area contributed by atoms with Gasteiger partial charge in [0.1, 0.15) is 0 Å². The van der Waals surface area contributed by atoms with Crippen molar-refractivity contribution < 1.29 is 0 Å². The summed E-state index contributed by atoms with van der Waals surface area (Å²) in [6, 6.07) is 89.5. The highest BCUT2D eigenvalue weighted by Gasteiger charge is 2.46. The third kappa shape index (κ3) is 5.25. The zero-order valence-electron chi connectivity index (χ0n) is 34.5. The van der Waals surface area contributed by atoms with Crippen LogP contribution in [0.3, 0.4) is 0 Å². The summed E-state index contributed by atoms with van der Waals surface area (Å²) in [6.45, 7) is 0. The molecule has 12 aromatic rings. The fourth-order valence-electron chi connectivity index (χ4n) is 10.9. The fourth-order valence-corrected chi connectivity index (χ4v) is 10.9. The van der Waals surface area contributed by atoms with Crippen LogP contribution in [0, 0.1) is 0 Å². The predicted molar refractivity (Wildman–Crippen MR) is 263 cm³/mol. The van der Waals surface area contributed by atoms with Gasteiger partial charge in [-0.25, -0.2) is 0 Å². The van der Waals surface area contributed by atoms with Crippen LogP contribution in [-0.2, 0) is 5.41 Å². The number of para-hydroxylation sites is 2. The Morgan fingerprint density at radius 1 is 0.254 bits per heavy atom. The van der Waals surface area contributed by atoms with Crippen molar-refractivity contribution in [3.63, 3.8) is 0 Å². The lowest BCUT2D eigenvalue weighted by Crippen LogP contribution is -2.28. The maximum atomic E-state index is 2.46. The Morgan fingerprint density at radius 3 is 1.33 bits per heavy atom. The summed E-state index contributed by atoms with van der Waals surface area (Å²) in [6.07, 6.45) is 0. The molecule has 0 atom stereocenters. The molecule has 0 bridgehead atoms. The Balaban J connectivity index is 0.963. The van der Waals surface area contributed by atoms with Crippen LogP contribution in [0.25, 0.3) is 88.4 Å². The monoisotopic (exact) mass is 800 g/mol. The van der Waals surface area contributed by atoms with Gasteiger partial charge in [0.05, 0.1) is 27.5 Å². The maximum Gasteiger partial charge on any atom is 0.0713 e. The van der Waals surface area contributed by atoms with Gasteiger partial charge in [-0.2, -0.15) is 0 Å². The van der Waals surface area contributed by atoms with E-state index in [9.17, 15) is 0 Å². The first-order valence-corrected chi connectivity index (χ1v) is 21.8. The molecule has 63 heavy (non-hydrogen) atoms. The molecule has 2 aromatic heterocycles. The molecule has 10 aromatic carbocycles. The van der Waals surface area contributed by atoms with E-state index in [1.165, 1.54) is 99.2 Å². The van der Waals surface area contributed by atoms with Crippen LogP contribution < -0.4 is 0 Å². The molecule has 1 aliphatic carbocycles.